The van der Waals surface area contributed by atoms with Gasteiger partial charge in [-0.1, -0.05) is 6.08 Å². The molecule has 1 heterocycles. The predicted molar refractivity (Wildman–Crippen MR) is 77.4 cm³/mol. The number of hydrogen-bond donors (Lipinski definition) is 2. The second-order valence-corrected chi connectivity index (χ2v) is 3.70. The Morgan fingerprint density at radius 1 is 1.47 bits per heavy atom. The van der Waals surface area contributed by atoms with Crippen molar-refractivity contribution in [3.8, 4) is 0 Å². The van der Waals surface area contributed by atoms with E-state index < -0.39 is 0 Å². The molecule has 1 aromatic heterocycles. The van der Waals surface area contributed by atoms with E-state index in [2.05, 4.69) is 21.9 Å². The summed E-state index contributed by atoms with van der Waals surface area (Å²) in [6.07, 6.45) is 2.26. The maximum absolute atomic E-state index is 11.1. The molecule has 2 N–H and O–H groups in total. The third kappa shape index (κ3) is 7.03. The van der Waals surface area contributed by atoms with Crippen LogP contribution in [0, 0.1) is 6.92 Å². The molecular weight excluding hydrogens is 244 g/mol. The third-order valence-corrected chi connectivity index (χ3v) is 2.27. The fourth-order valence-electron chi connectivity index (χ4n) is 1.37. The van der Waals surface area contributed by atoms with Crippen molar-refractivity contribution >= 4 is 12.4 Å². The highest BCUT2D eigenvalue weighted by Crippen LogP contribution is 2.03. The van der Waals surface area contributed by atoms with Crippen LogP contribution in [-0.4, -0.2) is 36.0 Å². The monoisotopic (exact) mass is 266 g/mol. The molecule has 0 aliphatic rings. The first kappa shape index (κ1) is 16.9. The van der Waals surface area contributed by atoms with Crippen LogP contribution in [0.15, 0.2) is 23.5 Å². The number of hydrogen-bond acceptors (Lipinski definition) is 4. The summed E-state index contributed by atoms with van der Waals surface area (Å²) in [5.41, 5.74) is 0.667. The number of rotatable bonds is 6. The average Bonchev–Trinajstić information content (AvgIpc) is 2.37. The van der Waals surface area contributed by atoms with Gasteiger partial charge in [0.1, 0.15) is 0 Å². The van der Waals surface area contributed by atoms with Crippen LogP contribution >= 0.6 is 0 Å². The number of aromatic nitrogens is 2. The quantitative estimate of drug-likeness (QED) is 0.454. The van der Waals surface area contributed by atoms with Gasteiger partial charge in [0.2, 0.25) is 12.4 Å². The third-order valence-electron chi connectivity index (χ3n) is 2.27. The molecule has 0 bridgehead atoms. The fraction of sp³-hybridized carbons (Fsp3) is 0.462. The lowest BCUT2D eigenvalue weighted by molar-refractivity contribution is -0.109. The molecule has 1 aromatic rings. The van der Waals surface area contributed by atoms with Crippen molar-refractivity contribution in [2.75, 3.05) is 24.5 Å². The van der Waals surface area contributed by atoms with Gasteiger partial charge in [0.05, 0.1) is 0 Å². The van der Waals surface area contributed by atoms with Crippen molar-refractivity contribution in [3.05, 3.63) is 34.8 Å². The molecular formula is C13H22N4O2. The first-order chi connectivity index (χ1) is 9.08. The number of aryl methyl sites for hydroxylation is 1. The van der Waals surface area contributed by atoms with E-state index in [0.717, 1.165) is 18.8 Å². The van der Waals surface area contributed by atoms with Crippen LogP contribution in [0.3, 0.4) is 0 Å². The number of carbonyl (C=O) groups excluding carboxylic acids is 1. The van der Waals surface area contributed by atoms with E-state index in [9.17, 15) is 9.59 Å². The van der Waals surface area contributed by atoms with Gasteiger partial charge < -0.3 is 10.2 Å². The molecule has 0 saturated carbocycles. The number of anilines is 1. The van der Waals surface area contributed by atoms with Crippen LogP contribution < -0.4 is 15.8 Å². The number of carbonyl (C=O) groups is 1. The Hall–Kier alpha value is -2.11. The van der Waals surface area contributed by atoms with E-state index in [1.54, 1.807) is 6.08 Å². The SMILES string of the molecule is C=CCNC=O.CCN(CC)c1nc(C)cc(=O)[nH]1. The summed E-state index contributed by atoms with van der Waals surface area (Å²) in [4.78, 5) is 29.5. The highest BCUT2D eigenvalue weighted by molar-refractivity contribution is 5.46. The zero-order chi connectivity index (χ0) is 14.7. The number of aromatic amines is 1. The Bertz CT molecular complexity index is 431. The number of nitrogens with zero attached hydrogens (tertiary/aromatic N) is 2. The van der Waals surface area contributed by atoms with E-state index in [1.807, 2.05) is 25.7 Å². The summed E-state index contributed by atoms with van der Waals surface area (Å²) >= 11 is 0. The average molecular weight is 266 g/mol. The maximum atomic E-state index is 11.1. The Morgan fingerprint density at radius 3 is 2.47 bits per heavy atom. The van der Waals surface area contributed by atoms with Gasteiger partial charge in [-0.2, -0.15) is 0 Å². The first-order valence-corrected chi connectivity index (χ1v) is 6.19. The zero-order valence-electron chi connectivity index (χ0n) is 11.8. The minimum absolute atomic E-state index is 0.0885. The molecule has 6 heteroatoms. The lowest BCUT2D eigenvalue weighted by atomic mass is 10.4. The predicted octanol–water partition coefficient (Wildman–Crippen LogP) is 0.843. The van der Waals surface area contributed by atoms with E-state index in [0.29, 0.717) is 18.9 Å². The van der Waals surface area contributed by atoms with Crippen molar-refractivity contribution in [2.24, 2.45) is 0 Å². The summed E-state index contributed by atoms with van der Waals surface area (Å²) in [5.74, 6) is 0.662. The van der Waals surface area contributed by atoms with Crippen molar-refractivity contribution in [3.63, 3.8) is 0 Å². The van der Waals surface area contributed by atoms with Gasteiger partial charge in [-0.3, -0.25) is 14.6 Å². The fourth-order valence-corrected chi connectivity index (χ4v) is 1.37. The lowest BCUT2D eigenvalue weighted by Crippen LogP contribution is -2.26. The number of H-pyrrole nitrogens is 1. The largest absolute Gasteiger partial charge is 0.355 e. The molecule has 106 valence electrons. The Labute approximate surface area is 113 Å². The van der Waals surface area contributed by atoms with Crippen molar-refractivity contribution < 1.29 is 4.79 Å². The smallest absolute Gasteiger partial charge is 0.252 e. The molecule has 0 saturated heterocycles. The van der Waals surface area contributed by atoms with E-state index in [-0.39, 0.29) is 5.56 Å². The second-order valence-electron chi connectivity index (χ2n) is 3.70. The number of amides is 1. The van der Waals surface area contributed by atoms with Gasteiger partial charge in [0, 0.05) is 31.4 Å². The van der Waals surface area contributed by atoms with Gasteiger partial charge in [0.15, 0.2) is 0 Å². The molecule has 0 radical (unpaired) electrons. The van der Waals surface area contributed by atoms with Gasteiger partial charge >= 0.3 is 0 Å². The second kappa shape index (κ2) is 9.87. The maximum Gasteiger partial charge on any atom is 0.252 e. The summed E-state index contributed by atoms with van der Waals surface area (Å²) in [5, 5.41) is 2.40. The lowest BCUT2D eigenvalue weighted by Gasteiger charge is -2.18. The summed E-state index contributed by atoms with van der Waals surface area (Å²) in [6, 6.07) is 1.49. The van der Waals surface area contributed by atoms with Crippen LogP contribution in [0.4, 0.5) is 5.95 Å². The molecule has 0 atom stereocenters. The van der Waals surface area contributed by atoms with E-state index in [1.165, 1.54) is 6.07 Å². The van der Waals surface area contributed by atoms with Gasteiger partial charge in [-0.15, -0.1) is 6.58 Å². The van der Waals surface area contributed by atoms with Crippen LogP contribution in [0.5, 0.6) is 0 Å². The van der Waals surface area contributed by atoms with Crippen molar-refractivity contribution in [1.29, 1.82) is 0 Å². The molecule has 19 heavy (non-hydrogen) atoms. The first-order valence-electron chi connectivity index (χ1n) is 6.19. The van der Waals surface area contributed by atoms with Gasteiger partial charge in [-0.25, -0.2) is 4.98 Å². The van der Waals surface area contributed by atoms with Crippen LogP contribution in [0.2, 0.25) is 0 Å². The van der Waals surface area contributed by atoms with Crippen LogP contribution in [-0.2, 0) is 4.79 Å². The molecule has 0 aliphatic carbocycles. The molecule has 0 aliphatic heterocycles. The van der Waals surface area contributed by atoms with Gasteiger partial charge in [-0.05, 0) is 20.8 Å². The highest BCUT2D eigenvalue weighted by atomic mass is 16.1. The summed E-state index contributed by atoms with van der Waals surface area (Å²) in [7, 11) is 0. The molecule has 0 fully saturated rings. The summed E-state index contributed by atoms with van der Waals surface area (Å²) in [6.45, 7) is 11.5. The highest BCUT2D eigenvalue weighted by Gasteiger charge is 2.04. The van der Waals surface area contributed by atoms with E-state index in [4.69, 9.17) is 0 Å². The van der Waals surface area contributed by atoms with Crippen molar-refractivity contribution in [1.82, 2.24) is 15.3 Å². The van der Waals surface area contributed by atoms with Crippen molar-refractivity contribution in [2.45, 2.75) is 20.8 Å². The molecule has 6 nitrogen and oxygen atoms in total. The molecule has 0 unspecified atom stereocenters. The van der Waals surface area contributed by atoms with Crippen LogP contribution in [0.25, 0.3) is 0 Å². The topological polar surface area (TPSA) is 78.1 Å². The minimum atomic E-state index is -0.0885. The van der Waals surface area contributed by atoms with E-state index >= 15 is 0 Å². The van der Waals surface area contributed by atoms with Crippen LogP contribution in [0.1, 0.15) is 19.5 Å². The molecule has 1 amide bonds. The van der Waals surface area contributed by atoms with Gasteiger partial charge in [0.25, 0.3) is 5.56 Å². The molecule has 1 rings (SSSR count). The zero-order valence-corrected chi connectivity index (χ0v) is 11.8. The molecule has 0 aromatic carbocycles. The normalized spacial score (nSPS) is 9.00. The number of nitrogens with one attached hydrogen (secondary N) is 2. The Morgan fingerprint density at radius 2 is 2.11 bits per heavy atom. The standard InChI is InChI=1S/C9H15N3O.C4H7NO/c1-4-12(5-2)9-10-7(3)6-8(13)11-9;1-2-3-5-4-6/h6H,4-5H2,1-3H3,(H,10,11,13);2,4H,1,3H2,(H,5,6). The molecule has 0 spiro atoms. The summed E-state index contributed by atoms with van der Waals surface area (Å²) < 4.78 is 0. The Balaban J connectivity index is 0.000000459. The Kier molecular flexibility index (Phi) is 8.78. The minimum Gasteiger partial charge on any atom is -0.355 e.